The molecule has 0 heterocycles. The Morgan fingerprint density at radius 1 is 0.719 bits per heavy atom. The molecule has 0 fully saturated rings. The first kappa shape index (κ1) is 23.0. The second kappa shape index (κ2) is 11.7. The summed E-state index contributed by atoms with van der Waals surface area (Å²) in [7, 11) is 0. The topological polar surface area (TPSA) is 79.5 Å². The van der Waals surface area contributed by atoms with Crippen LogP contribution < -0.4 is 16.0 Å². The van der Waals surface area contributed by atoms with Crippen LogP contribution >= 0.6 is 0 Å². The molecule has 3 aromatic carbocycles. The zero-order chi connectivity index (χ0) is 22.7. The lowest BCUT2D eigenvalue weighted by molar-refractivity contribution is -0.120. The molecule has 0 saturated heterocycles. The van der Waals surface area contributed by atoms with Crippen LogP contribution in [0, 0.1) is 0 Å². The van der Waals surface area contributed by atoms with E-state index in [9.17, 15) is 9.59 Å². The van der Waals surface area contributed by atoms with E-state index in [-0.39, 0.29) is 12.5 Å². The highest BCUT2D eigenvalue weighted by Crippen LogP contribution is 2.36. The second-order valence-corrected chi connectivity index (χ2v) is 7.20. The normalized spacial score (nSPS) is 10.9. The molecule has 32 heavy (non-hydrogen) atoms. The van der Waals surface area contributed by atoms with E-state index in [1.54, 1.807) is 6.92 Å². The van der Waals surface area contributed by atoms with E-state index >= 15 is 0 Å². The van der Waals surface area contributed by atoms with Gasteiger partial charge in [-0.1, -0.05) is 91.0 Å². The summed E-state index contributed by atoms with van der Waals surface area (Å²) in [6, 6.07) is 30.3. The van der Waals surface area contributed by atoms with Gasteiger partial charge in [0, 0.05) is 13.1 Å². The SMILES string of the molecule is CCOC(=O)NCCNC(=O)CNC(c1ccccc1)(c1ccccc1)c1ccccc1. The van der Waals surface area contributed by atoms with Gasteiger partial charge in [-0.05, 0) is 23.6 Å². The van der Waals surface area contributed by atoms with Gasteiger partial charge < -0.3 is 15.4 Å². The molecule has 6 nitrogen and oxygen atoms in total. The van der Waals surface area contributed by atoms with Gasteiger partial charge in [-0.3, -0.25) is 10.1 Å². The number of carbonyl (C=O) groups excluding carboxylic acids is 2. The van der Waals surface area contributed by atoms with E-state index in [2.05, 4.69) is 52.3 Å². The monoisotopic (exact) mass is 431 g/mol. The number of ether oxygens (including phenoxy) is 1. The van der Waals surface area contributed by atoms with Crippen molar-refractivity contribution in [2.45, 2.75) is 12.5 Å². The van der Waals surface area contributed by atoms with Crippen LogP contribution in [0.25, 0.3) is 0 Å². The van der Waals surface area contributed by atoms with Crippen LogP contribution in [0.15, 0.2) is 91.0 Å². The number of hydrogen-bond donors (Lipinski definition) is 3. The summed E-state index contributed by atoms with van der Waals surface area (Å²) in [5, 5.41) is 8.96. The molecule has 0 saturated carbocycles. The maximum absolute atomic E-state index is 12.6. The third-order valence-electron chi connectivity index (χ3n) is 5.13. The minimum Gasteiger partial charge on any atom is -0.450 e. The molecule has 6 heteroatoms. The summed E-state index contributed by atoms with van der Waals surface area (Å²) < 4.78 is 4.81. The lowest BCUT2D eigenvalue weighted by Crippen LogP contribution is -2.49. The van der Waals surface area contributed by atoms with Crippen LogP contribution in [-0.2, 0) is 15.1 Å². The molecule has 0 aliphatic heterocycles. The molecule has 0 atom stereocenters. The Hall–Kier alpha value is -3.64. The summed E-state index contributed by atoms with van der Waals surface area (Å²) in [5.74, 6) is -0.164. The zero-order valence-electron chi connectivity index (χ0n) is 18.2. The molecule has 0 aliphatic carbocycles. The largest absolute Gasteiger partial charge is 0.450 e. The van der Waals surface area contributed by atoms with Gasteiger partial charge in [-0.2, -0.15) is 0 Å². The Morgan fingerprint density at radius 2 is 1.16 bits per heavy atom. The second-order valence-electron chi connectivity index (χ2n) is 7.20. The number of rotatable bonds is 10. The fraction of sp³-hybridized carbons (Fsp3) is 0.231. The van der Waals surface area contributed by atoms with Crippen molar-refractivity contribution < 1.29 is 14.3 Å². The fourth-order valence-corrected chi connectivity index (χ4v) is 3.69. The Balaban J connectivity index is 1.81. The summed E-state index contributed by atoms with van der Waals surface area (Å²) in [6.07, 6.45) is -0.490. The first-order valence-electron chi connectivity index (χ1n) is 10.8. The molecule has 166 valence electrons. The fourth-order valence-electron chi connectivity index (χ4n) is 3.69. The van der Waals surface area contributed by atoms with Crippen molar-refractivity contribution in [3.63, 3.8) is 0 Å². The number of alkyl carbamates (subject to hydrolysis) is 1. The molecule has 0 spiro atoms. The van der Waals surface area contributed by atoms with Crippen molar-refractivity contribution in [2.24, 2.45) is 0 Å². The molecule has 3 rings (SSSR count). The third kappa shape index (κ3) is 5.74. The van der Waals surface area contributed by atoms with E-state index in [0.29, 0.717) is 19.7 Å². The molecule has 3 N–H and O–H groups in total. The summed E-state index contributed by atoms with van der Waals surface area (Å²) in [6.45, 7) is 2.76. The number of benzene rings is 3. The summed E-state index contributed by atoms with van der Waals surface area (Å²) >= 11 is 0. The maximum atomic E-state index is 12.6. The molecule has 3 aromatic rings. The van der Waals surface area contributed by atoms with Crippen LogP contribution in [0.3, 0.4) is 0 Å². The van der Waals surface area contributed by atoms with Crippen molar-refractivity contribution in [1.82, 2.24) is 16.0 Å². The van der Waals surface area contributed by atoms with Gasteiger partial charge in [-0.15, -0.1) is 0 Å². The van der Waals surface area contributed by atoms with Crippen LogP contribution in [0.1, 0.15) is 23.6 Å². The predicted molar refractivity (Wildman–Crippen MR) is 125 cm³/mol. The minimum atomic E-state index is -0.704. The van der Waals surface area contributed by atoms with Crippen molar-refractivity contribution in [2.75, 3.05) is 26.2 Å². The van der Waals surface area contributed by atoms with Crippen molar-refractivity contribution in [3.05, 3.63) is 108 Å². The van der Waals surface area contributed by atoms with Crippen molar-refractivity contribution in [3.8, 4) is 0 Å². The Bertz CT molecular complexity index is 882. The first-order chi connectivity index (χ1) is 15.7. The van der Waals surface area contributed by atoms with Crippen LogP contribution in [0.4, 0.5) is 4.79 Å². The number of nitrogens with one attached hydrogen (secondary N) is 3. The number of carbonyl (C=O) groups is 2. The molecule has 2 amide bonds. The highest BCUT2D eigenvalue weighted by molar-refractivity contribution is 5.78. The molecule has 0 radical (unpaired) electrons. The Labute approximate surface area is 189 Å². The lowest BCUT2D eigenvalue weighted by Gasteiger charge is -2.37. The average molecular weight is 432 g/mol. The minimum absolute atomic E-state index is 0.0953. The smallest absolute Gasteiger partial charge is 0.407 e. The molecular weight excluding hydrogens is 402 g/mol. The van der Waals surface area contributed by atoms with E-state index in [4.69, 9.17) is 4.74 Å². The van der Waals surface area contributed by atoms with E-state index in [1.807, 2.05) is 54.6 Å². The summed E-state index contributed by atoms with van der Waals surface area (Å²) in [4.78, 5) is 24.0. The van der Waals surface area contributed by atoms with E-state index in [1.165, 1.54) is 0 Å². The number of amides is 2. The summed E-state index contributed by atoms with van der Waals surface area (Å²) in [5.41, 5.74) is 2.40. The average Bonchev–Trinajstić information content (AvgIpc) is 2.84. The molecule has 0 unspecified atom stereocenters. The van der Waals surface area contributed by atoms with Gasteiger partial charge in [0.15, 0.2) is 0 Å². The van der Waals surface area contributed by atoms with E-state index < -0.39 is 11.6 Å². The number of hydrogen-bond acceptors (Lipinski definition) is 4. The van der Waals surface area contributed by atoms with Crippen molar-refractivity contribution in [1.29, 1.82) is 0 Å². The molecule has 0 aromatic heterocycles. The highest BCUT2D eigenvalue weighted by Gasteiger charge is 2.36. The van der Waals surface area contributed by atoms with Gasteiger partial charge in [0.2, 0.25) is 5.91 Å². The van der Waals surface area contributed by atoms with Gasteiger partial charge in [0.25, 0.3) is 0 Å². The Morgan fingerprint density at radius 3 is 1.59 bits per heavy atom. The first-order valence-corrected chi connectivity index (χ1v) is 10.8. The predicted octanol–water partition coefficient (Wildman–Crippen LogP) is 3.43. The maximum Gasteiger partial charge on any atom is 0.407 e. The van der Waals surface area contributed by atoms with Gasteiger partial charge >= 0.3 is 6.09 Å². The Kier molecular flexibility index (Phi) is 8.40. The van der Waals surface area contributed by atoms with E-state index in [0.717, 1.165) is 16.7 Å². The standard InChI is InChI=1S/C26H29N3O3/c1-2-32-25(31)28-19-18-27-24(30)20-29-26(21-12-6-3-7-13-21,22-14-8-4-9-15-22)23-16-10-5-11-17-23/h3-17,29H,2,18-20H2,1H3,(H,27,30)(H,28,31). The van der Waals surface area contributed by atoms with Gasteiger partial charge in [-0.25, -0.2) is 4.79 Å². The van der Waals surface area contributed by atoms with Crippen LogP contribution in [0.5, 0.6) is 0 Å². The molecular formula is C26H29N3O3. The molecule has 0 aliphatic rings. The third-order valence-corrected chi connectivity index (χ3v) is 5.13. The van der Waals surface area contributed by atoms with Gasteiger partial charge in [0.05, 0.1) is 18.7 Å². The zero-order valence-corrected chi connectivity index (χ0v) is 18.2. The van der Waals surface area contributed by atoms with Crippen LogP contribution in [-0.4, -0.2) is 38.2 Å². The van der Waals surface area contributed by atoms with Gasteiger partial charge in [0.1, 0.15) is 0 Å². The lowest BCUT2D eigenvalue weighted by atomic mass is 9.77. The van der Waals surface area contributed by atoms with Crippen molar-refractivity contribution >= 4 is 12.0 Å². The quantitative estimate of drug-likeness (QED) is 0.339. The molecule has 0 bridgehead atoms. The van der Waals surface area contributed by atoms with Crippen LogP contribution in [0.2, 0.25) is 0 Å². The highest BCUT2D eigenvalue weighted by atomic mass is 16.5.